The van der Waals surface area contributed by atoms with Crippen LogP contribution in [0.5, 0.6) is 5.75 Å². The number of carbonyl (C=O) groups excluding carboxylic acids is 2. The second-order valence-electron chi connectivity index (χ2n) is 7.33. The van der Waals surface area contributed by atoms with Gasteiger partial charge >= 0.3 is 0 Å². The monoisotopic (exact) mass is 425 g/mol. The lowest BCUT2D eigenvalue weighted by atomic mass is 10.1. The molecule has 0 saturated carbocycles. The Balaban J connectivity index is 2.18. The van der Waals surface area contributed by atoms with E-state index in [0.29, 0.717) is 13.0 Å². The third-order valence-corrected chi connectivity index (χ3v) is 7.23. The van der Waals surface area contributed by atoms with Crippen LogP contribution < -0.4 is 15.8 Å². The Bertz CT molecular complexity index is 869. The molecule has 1 aromatic carbocycles. The molecule has 1 aromatic rings. The molecule has 1 aliphatic heterocycles. The van der Waals surface area contributed by atoms with Gasteiger partial charge in [-0.05, 0) is 32.4 Å². The third-order valence-electron chi connectivity index (χ3n) is 5.45. The fourth-order valence-electron chi connectivity index (χ4n) is 3.95. The van der Waals surface area contributed by atoms with Crippen molar-refractivity contribution in [3.63, 3.8) is 0 Å². The van der Waals surface area contributed by atoms with Gasteiger partial charge in [-0.1, -0.05) is 13.8 Å². The molecule has 3 N–H and O–H groups in total. The molecular weight excluding hydrogens is 394 g/mol. The number of benzene rings is 1. The summed E-state index contributed by atoms with van der Waals surface area (Å²) in [5, 5.41) is 2.89. The summed E-state index contributed by atoms with van der Waals surface area (Å²) >= 11 is 0. The van der Waals surface area contributed by atoms with Crippen LogP contribution in [-0.2, 0) is 14.6 Å². The van der Waals surface area contributed by atoms with Crippen LogP contribution in [0.4, 0.5) is 5.69 Å². The van der Waals surface area contributed by atoms with Crippen molar-refractivity contribution in [3.8, 4) is 5.75 Å². The first kappa shape index (κ1) is 23.2. The minimum absolute atomic E-state index is 0.0558. The minimum atomic E-state index is -3.57. The predicted molar refractivity (Wildman–Crippen MR) is 112 cm³/mol. The van der Waals surface area contributed by atoms with E-state index in [1.54, 1.807) is 6.92 Å². The number of likely N-dealkylation sites (tertiary alicyclic amines) is 1. The van der Waals surface area contributed by atoms with Crippen molar-refractivity contribution in [2.45, 2.75) is 57.0 Å². The highest BCUT2D eigenvalue weighted by atomic mass is 32.2. The second-order valence-corrected chi connectivity index (χ2v) is 9.57. The standard InChI is InChI=1S/C20H31N3O5S/c1-5-23-14(9-13(3)24)7-8-15(23)12-22-20(25)16-10-19(29(26,27)6-2)17(21)11-18(16)28-4/h10-11,14-15H,5-9,12,21H2,1-4H3,(H,22,25)/t14?,15-/m0/s1. The van der Waals surface area contributed by atoms with E-state index >= 15 is 0 Å². The maximum atomic E-state index is 12.8. The number of methoxy groups -OCH3 is 1. The molecule has 2 rings (SSSR count). The van der Waals surface area contributed by atoms with Gasteiger partial charge in [0.05, 0.1) is 29.0 Å². The zero-order valence-corrected chi connectivity index (χ0v) is 18.3. The van der Waals surface area contributed by atoms with E-state index in [9.17, 15) is 18.0 Å². The van der Waals surface area contributed by atoms with Gasteiger partial charge < -0.3 is 15.8 Å². The molecule has 162 valence electrons. The van der Waals surface area contributed by atoms with Crippen LogP contribution in [0.2, 0.25) is 0 Å². The summed E-state index contributed by atoms with van der Waals surface area (Å²) in [5.41, 5.74) is 6.06. The van der Waals surface area contributed by atoms with Gasteiger partial charge in [-0.25, -0.2) is 8.42 Å². The fourth-order valence-corrected chi connectivity index (χ4v) is 4.98. The fraction of sp³-hybridized carbons (Fsp3) is 0.600. The zero-order valence-electron chi connectivity index (χ0n) is 17.5. The first-order chi connectivity index (χ1) is 13.6. The summed E-state index contributed by atoms with van der Waals surface area (Å²) in [7, 11) is -2.17. The maximum Gasteiger partial charge on any atom is 0.255 e. The van der Waals surface area contributed by atoms with Crippen LogP contribution in [0.1, 0.15) is 50.4 Å². The summed E-state index contributed by atoms with van der Waals surface area (Å²) in [5.74, 6) is -0.145. The number of rotatable bonds is 9. The summed E-state index contributed by atoms with van der Waals surface area (Å²) in [6.45, 7) is 6.36. The minimum Gasteiger partial charge on any atom is -0.496 e. The van der Waals surface area contributed by atoms with E-state index in [-0.39, 0.29) is 45.5 Å². The number of likely N-dealkylation sites (N-methyl/N-ethyl adjacent to an activating group) is 1. The average Bonchev–Trinajstić information content (AvgIpc) is 3.06. The van der Waals surface area contributed by atoms with Crippen molar-refractivity contribution in [2.24, 2.45) is 0 Å². The predicted octanol–water partition coefficient (Wildman–Crippen LogP) is 1.63. The number of hydrogen-bond donors (Lipinski definition) is 2. The summed E-state index contributed by atoms with van der Waals surface area (Å²) in [6.07, 6.45) is 2.32. The SMILES string of the molecule is CCN1C(CC(C)=O)CC[C@H]1CNC(=O)c1cc(S(=O)(=O)CC)c(N)cc1OC. The molecule has 0 bridgehead atoms. The number of Topliss-reactive ketones (excluding diaryl/α,β-unsaturated/α-hetero) is 1. The van der Waals surface area contributed by atoms with Crippen molar-refractivity contribution < 1.29 is 22.7 Å². The molecule has 2 atom stereocenters. The molecule has 9 heteroatoms. The highest BCUT2D eigenvalue weighted by Crippen LogP contribution is 2.30. The van der Waals surface area contributed by atoms with Gasteiger partial charge in [-0.3, -0.25) is 14.5 Å². The van der Waals surface area contributed by atoms with Crippen LogP contribution in [0.15, 0.2) is 17.0 Å². The molecule has 29 heavy (non-hydrogen) atoms. The second kappa shape index (κ2) is 9.58. The molecule has 0 aliphatic carbocycles. The quantitative estimate of drug-likeness (QED) is 0.577. The number of carbonyl (C=O) groups is 2. The molecular formula is C20H31N3O5S. The molecule has 0 aromatic heterocycles. The van der Waals surface area contributed by atoms with Gasteiger partial charge in [-0.15, -0.1) is 0 Å². The topological polar surface area (TPSA) is 119 Å². The van der Waals surface area contributed by atoms with Gasteiger partial charge in [0.2, 0.25) is 0 Å². The number of hydrogen-bond acceptors (Lipinski definition) is 7. The summed E-state index contributed by atoms with van der Waals surface area (Å²) < 4.78 is 29.8. The highest BCUT2D eigenvalue weighted by molar-refractivity contribution is 7.91. The molecule has 1 aliphatic rings. The van der Waals surface area contributed by atoms with Crippen molar-refractivity contribution in [3.05, 3.63) is 17.7 Å². The van der Waals surface area contributed by atoms with Gasteiger partial charge in [0.1, 0.15) is 11.5 Å². The Hall–Kier alpha value is -2.13. The van der Waals surface area contributed by atoms with Crippen LogP contribution in [0.3, 0.4) is 0 Å². The molecule has 1 unspecified atom stereocenters. The van der Waals surface area contributed by atoms with E-state index in [2.05, 4.69) is 10.2 Å². The van der Waals surface area contributed by atoms with Gasteiger partial charge in [-0.2, -0.15) is 0 Å². The first-order valence-corrected chi connectivity index (χ1v) is 11.5. The van der Waals surface area contributed by atoms with E-state index in [4.69, 9.17) is 10.5 Å². The average molecular weight is 426 g/mol. The molecule has 8 nitrogen and oxygen atoms in total. The van der Waals surface area contributed by atoms with E-state index in [1.807, 2.05) is 6.92 Å². The number of nitrogens with zero attached hydrogens (tertiary/aromatic N) is 1. The number of anilines is 1. The van der Waals surface area contributed by atoms with E-state index in [0.717, 1.165) is 19.4 Å². The number of sulfone groups is 1. The molecule has 0 radical (unpaired) electrons. The Kier molecular flexibility index (Phi) is 7.65. The normalized spacial score (nSPS) is 19.9. The van der Waals surface area contributed by atoms with Crippen molar-refractivity contribution in [1.82, 2.24) is 10.2 Å². The zero-order chi connectivity index (χ0) is 21.8. The van der Waals surface area contributed by atoms with Crippen LogP contribution >= 0.6 is 0 Å². The van der Waals surface area contributed by atoms with Crippen LogP contribution in [0.25, 0.3) is 0 Å². The lowest BCUT2D eigenvalue weighted by Crippen LogP contribution is -2.43. The Morgan fingerprint density at radius 1 is 1.24 bits per heavy atom. The smallest absolute Gasteiger partial charge is 0.255 e. The van der Waals surface area contributed by atoms with Gasteiger partial charge in [0, 0.05) is 31.1 Å². The summed E-state index contributed by atoms with van der Waals surface area (Å²) in [6, 6.07) is 2.99. The van der Waals surface area contributed by atoms with Crippen LogP contribution in [0, 0.1) is 0 Å². The third kappa shape index (κ3) is 5.27. The number of ketones is 1. The molecule has 1 amide bonds. The Morgan fingerprint density at radius 2 is 1.90 bits per heavy atom. The van der Waals surface area contributed by atoms with E-state index in [1.165, 1.54) is 26.2 Å². The van der Waals surface area contributed by atoms with Crippen molar-refractivity contribution in [1.29, 1.82) is 0 Å². The first-order valence-electron chi connectivity index (χ1n) is 9.88. The highest BCUT2D eigenvalue weighted by Gasteiger charge is 2.33. The van der Waals surface area contributed by atoms with Crippen molar-refractivity contribution >= 4 is 27.2 Å². The number of nitrogens with two attached hydrogens (primary N) is 1. The maximum absolute atomic E-state index is 12.8. The molecule has 1 saturated heterocycles. The number of nitrogens with one attached hydrogen (secondary N) is 1. The lowest BCUT2D eigenvalue weighted by molar-refractivity contribution is -0.118. The Labute approximate surface area is 172 Å². The van der Waals surface area contributed by atoms with Crippen molar-refractivity contribution in [2.75, 3.05) is 31.7 Å². The lowest BCUT2D eigenvalue weighted by Gasteiger charge is -2.28. The number of nitrogen functional groups attached to an aromatic ring is 1. The molecule has 1 heterocycles. The van der Waals surface area contributed by atoms with Crippen LogP contribution in [-0.4, -0.2) is 63.0 Å². The molecule has 0 spiro atoms. The summed E-state index contributed by atoms with van der Waals surface area (Å²) in [4.78, 5) is 26.5. The number of ether oxygens (including phenoxy) is 1. The van der Waals surface area contributed by atoms with Gasteiger partial charge in [0.25, 0.3) is 5.91 Å². The Morgan fingerprint density at radius 3 is 2.45 bits per heavy atom. The number of amides is 1. The largest absolute Gasteiger partial charge is 0.496 e. The van der Waals surface area contributed by atoms with Gasteiger partial charge in [0.15, 0.2) is 9.84 Å². The van der Waals surface area contributed by atoms with E-state index < -0.39 is 15.7 Å². The molecule has 1 fully saturated rings.